The van der Waals surface area contributed by atoms with E-state index in [4.69, 9.17) is 9.47 Å². The summed E-state index contributed by atoms with van der Waals surface area (Å²) in [5.41, 5.74) is 3.13. The van der Waals surface area contributed by atoms with E-state index in [9.17, 15) is 4.79 Å². The van der Waals surface area contributed by atoms with Crippen LogP contribution in [0.3, 0.4) is 0 Å². The van der Waals surface area contributed by atoms with Crippen LogP contribution in [0.2, 0.25) is 0 Å². The zero-order chi connectivity index (χ0) is 18.5. The number of anilines is 1. The first kappa shape index (κ1) is 18.1. The molecule has 2 aromatic rings. The number of methoxy groups -OCH3 is 1. The summed E-state index contributed by atoms with van der Waals surface area (Å²) in [6.45, 7) is 1.25. The van der Waals surface area contributed by atoms with Crippen molar-refractivity contribution in [2.45, 2.75) is 12.5 Å². The number of amides is 2. The van der Waals surface area contributed by atoms with E-state index in [1.54, 1.807) is 7.11 Å². The number of nitrogens with zero attached hydrogens (tertiary/aromatic N) is 1. The van der Waals surface area contributed by atoms with Gasteiger partial charge in [-0.25, -0.2) is 4.79 Å². The number of urea groups is 1. The molecule has 1 aliphatic heterocycles. The molecule has 0 aromatic heterocycles. The normalized spacial score (nSPS) is 13.7. The predicted molar refractivity (Wildman–Crippen MR) is 102 cm³/mol. The molecule has 6 heteroatoms. The van der Waals surface area contributed by atoms with Gasteiger partial charge in [0, 0.05) is 18.7 Å². The second kappa shape index (κ2) is 8.10. The highest BCUT2D eigenvalue weighted by Crippen LogP contribution is 2.29. The van der Waals surface area contributed by atoms with Crippen LogP contribution < -0.4 is 20.1 Å². The molecular weight excluding hydrogens is 330 g/mol. The van der Waals surface area contributed by atoms with Gasteiger partial charge in [-0.3, -0.25) is 0 Å². The number of carbonyl (C=O) groups excluding carboxylic acids is 1. The van der Waals surface area contributed by atoms with Gasteiger partial charge >= 0.3 is 6.03 Å². The second-order valence-electron chi connectivity index (χ2n) is 6.51. The molecule has 0 aliphatic carbocycles. The summed E-state index contributed by atoms with van der Waals surface area (Å²) < 4.78 is 10.7. The second-order valence-corrected chi connectivity index (χ2v) is 6.51. The average molecular weight is 355 g/mol. The Morgan fingerprint density at radius 1 is 1.23 bits per heavy atom. The number of ether oxygens (including phenoxy) is 2. The molecule has 2 aromatic carbocycles. The zero-order valence-corrected chi connectivity index (χ0v) is 15.4. The fourth-order valence-corrected chi connectivity index (χ4v) is 3.05. The maximum Gasteiger partial charge on any atom is 0.319 e. The fraction of sp³-hybridized carbons (Fsp3) is 0.350. The lowest BCUT2D eigenvalue weighted by atomic mass is 10.0. The van der Waals surface area contributed by atoms with Crippen molar-refractivity contribution in [1.82, 2.24) is 10.2 Å². The van der Waals surface area contributed by atoms with Crippen LogP contribution in [0.25, 0.3) is 0 Å². The first-order chi connectivity index (χ1) is 12.6. The zero-order valence-electron chi connectivity index (χ0n) is 15.4. The Kier molecular flexibility index (Phi) is 5.63. The largest absolute Gasteiger partial charge is 0.497 e. The monoisotopic (exact) mass is 355 g/mol. The van der Waals surface area contributed by atoms with Crippen molar-refractivity contribution < 1.29 is 14.3 Å². The quantitative estimate of drug-likeness (QED) is 0.836. The molecule has 1 aliphatic rings. The van der Waals surface area contributed by atoms with E-state index >= 15 is 0 Å². The predicted octanol–water partition coefficient (Wildman–Crippen LogP) is 3.05. The highest BCUT2D eigenvalue weighted by Gasteiger charge is 2.19. The number of hydrogen-bond acceptors (Lipinski definition) is 4. The molecule has 0 saturated heterocycles. The van der Waals surface area contributed by atoms with Gasteiger partial charge < -0.3 is 25.0 Å². The molecule has 138 valence electrons. The third-order valence-electron chi connectivity index (χ3n) is 4.53. The van der Waals surface area contributed by atoms with Crippen molar-refractivity contribution >= 4 is 11.7 Å². The van der Waals surface area contributed by atoms with Crippen LogP contribution in [-0.4, -0.2) is 45.3 Å². The molecule has 1 unspecified atom stereocenters. The minimum absolute atomic E-state index is 0.0857. The first-order valence-corrected chi connectivity index (χ1v) is 8.68. The molecule has 3 rings (SSSR count). The smallest absolute Gasteiger partial charge is 0.319 e. The van der Waals surface area contributed by atoms with Crippen molar-refractivity contribution in [3.63, 3.8) is 0 Å². The summed E-state index contributed by atoms with van der Waals surface area (Å²) in [4.78, 5) is 14.3. The van der Waals surface area contributed by atoms with Crippen LogP contribution in [0.5, 0.6) is 11.5 Å². The standard InChI is InChI=1S/C20H25N3O3/c1-23(2)18(14-4-9-19-15(12-14)10-11-26-19)13-21-20(24)22-16-5-7-17(25-3)8-6-16/h4-9,12,18H,10-11,13H2,1-3H3,(H2,21,22,24). The highest BCUT2D eigenvalue weighted by molar-refractivity contribution is 5.89. The van der Waals surface area contributed by atoms with E-state index in [0.29, 0.717) is 6.54 Å². The number of nitrogens with one attached hydrogen (secondary N) is 2. The van der Waals surface area contributed by atoms with E-state index < -0.39 is 0 Å². The molecule has 0 radical (unpaired) electrons. The number of likely N-dealkylation sites (N-methyl/N-ethyl adjacent to an activating group) is 1. The van der Waals surface area contributed by atoms with Gasteiger partial charge in [0.05, 0.1) is 19.8 Å². The molecule has 0 saturated carbocycles. The van der Waals surface area contributed by atoms with Crippen molar-refractivity contribution in [3.8, 4) is 11.5 Å². The average Bonchev–Trinajstić information content (AvgIpc) is 3.10. The first-order valence-electron chi connectivity index (χ1n) is 8.68. The van der Waals surface area contributed by atoms with Gasteiger partial charge in [0.25, 0.3) is 0 Å². The van der Waals surface area contributed by atoms with Gasteiger partial charge in [-0.1, -0.05) is 12.1 Å². The third kappa shape index (κ3) is 4.26. The van der Waals surface area contributed by atoms with Crippen LogP contribution >= 0.6 is 0 Å². The lowest BCUT2D eigenvalue weighted by Gasteiger charge is -2.25. The van der Waals surface area contributed by atoms with Crippen molar-refractivity contribution in [2.75, 3.05) is 39.7 Å². The van der Waals surface area contributed by atoms with Crippen LogP contribution in [-0.2, 0) is 6.42 Å². The third-order valence-corrected chi connectivity index (χ3v) is 4.53. The van der Waals surface area contributed by atoms with Crippen molar-refractivity contribution in [2.24, 2.45) is 0 Å². The van der Waals surface area contributed by atoms with E-state index in [1.807, 2.05) is 44.4 Å². The summed E-state index contributed by atoms with van der Waals surface area (Å²) in [5, 5.41) is 5.79. The number of hydrogen-bond donors (Lipinski definition) is 2. The topological polar surface area (TPSA) is 62.8 Å². The van der Waals surface area contributed by atoms with Crippen LogP contribution in [0.4, 0.5) is 10.5 Å². The highest BCUT2D eigenvalue weighted by atomic mass is 16.5. The Morgan fingerprint density at radius 2 is 2.00 bits per heavy atom. The molecular formula is C20H25N3O3. The lowest BCUT2D eigenvalue weighted by Crippen LogP contribution is -2.36. The number of fused-ring (bicyclic) bond motifs is 1. The molecule has 2 N–H and O–H groups in total. The fourth-order valence-electron chi connectivity index (χ4n) is 3.05. The number of carbonyl (C=O) groups is 1. The van der Waals surface area contributed by atoms with Crippen LogP contribution in [0.15, 0.2) is 42.5 Å². The molecule has 6 nitrogen and oxygen atoms in total. The van der Waals surface area contributed by atoms with Gasteiger partial charge in [-0.2, -0.15) is 0 Å². The van der Waals surface area contributed by atoms with Crippen molar-refractivity contribution in [1.29, 1.82) is 0 Å². The van der Waals surface area contributed by atoms with Gasteiger partial charge in [0.2, 0.25) is 0 Å². The van der Waals surface area contributed by atoms with E-state index in [1.165, 1.54) is 11.1 Å². The Balaban J connectivity index is 1.60. The maximum atomic E-state index is 12.2. The molecule has 0 fully saturated rings. The van der Waals surface area contributed by atoms with E-state index in [2.05, 4.69) is 27.7 Å². The molecule has 0 bridgehead atoms. The van der Waals surface area contributed by atoms with Crippen molar-refractivity contribution in [3.05, 3.63) is 53.6 Å². The van der Waals surface area contributed by atoms with E-state index in [-0.39, 0.29) is 12.1 Å². The minimum atomic E-state index is -0.230. The summed E-state index contributed by atoms with van der Waals surface area (Å²) in [5.74, 6) is 1.72. The Hall–Kier alpha value is -2.73. The van der Waals surface area contributed by atoms with E-state index in [0.717, 1.165) is 30.2 Å². The molecule has 0 spiro atoms. The minimum Gasteiger partial charge on any atom is -0.497 e. The van der Waals surface area contributed by atoms with Crippen LogP contribution in [0.1, 0.15) is 17.2 Å². The summed E-state index contributed by atoms with van der Waals surface area (Å²) in [6, 6.07) is 13.4. The maximum absolute atomic E-state index is 12.2. The molecule has 1 heterocycles. The molecule has 26 heavy (non-hydrogen) atoms. The SMILES string of the molecule is COc1ccc(NC(=O)NCC(c2ccc3c(c2)CCO3)N(C)C)cc1. The summed E-state index contributed by atoms with van der Waals surface area (Å²) >= 11 is 0. The van der Waals surface area contributed by atoms with Gasteiger partial charge in [-0.05, 0) is 55.6 Å². The summed E-state index contributed by atoms with van der Waals surface area (Å²) in [6.07, 6.45) is 0.939. The van der Waals surface area contributed by atoms with Crippen LogP contribution in [0, 0.1) is 0 Å². The number of rotatable bonds is 6. The molecule has 2 amide bonds. The van der Waals surface area contributed by atoms with Gasteiger partial charge in [0.1, 0.15) is 11.5 Å². The summed E-state index contributed by atoms with van der Waals surface area (Å²) in [7, 11) is 5.64. The Labute approximate surface area is 154 Å². The van der Waals surface area contributed by atoms with Gasteiger partial charge in [-0.15, -0.1) is 0 Å². The lowest BCUT2D eigenvalue weighted by molar-refractivity contribution is 0.243. The Bertz CT molecular complexity index is 759. The molecule has 1 atom stereocenters. The van der Waals surface area contributed by atoms with Gasteiger partial charge in [0.15, 0.2) is 0 Å². The Morgan fingerprint density at radius 3 is 2.69 bits per heavy atom. The number of benzene rings is 2.